The van der Waals surface area contributed by atoms with E-state index in [0.717, 1.165) is 29.4 Å². The summed E-state index contributed by atoms with van der Waals surface area (Å²) < 4.78 is 0. The van der Waals surface area contributed by atoms with Crippen LogP contribution >= 0.6 is 0 Å². The van der Waals surface area contributed by atoms with E-state index < -0.39 is 0 Å². The standard InChI is InChI=1S/C16H21NO/c1-10-5-11(2)16(17-9-10)15(18)8-14-7-12-3-4-13(14)6-12/h5,9,12-14H,3-4,6-8H2,1-2H3. The van der Waals surface area contributed by atoms with Gasteiger partial charge in [-0.1, -0.05) is 12.5 Å². The zero-order chi connectivity index (χ0) is 12.7. The van der Waals surface area contributed by atoms with Crippen LogP contribution in [0.25, 0.3) is 0 Å². The molecule has 2 saturated carbocycles. The van der Waals surface area contributed by atoms with Crippen LogP contribution in [0.4, 0.5) is 0 Å². The second-order valence-electron chi connectivity index (χ2n) is 6.24. The van der Waals surface area contributed by atoms with Gasteiger partial charge in [-0.2, -0.15) is 0 Å². The number of carbonyl (C=O) groups excluding carboxylic acids is 1. The SMILES string of the molecule is Cc1cnc(C(=O)CC2CC3CCC2C3)c(C)c1. The number of fused-ring (bicyclic) bond motifs is 2. The molecule has 0 aliphatic heterocycles. The van der Waals surface area contributed by atoms with Crippen molar-refractivity contribution in [2.24, 2.45) is 17.8 Å². The molecule has 18 heavy (non-hydrogen) atoms. The summed E-state index contributed by atoms with van der Waals surface area (Å²) in [6.07, 6.45) is 7.93. The Balaban J connectivity index is 1.71. The molecule has 2 bridgehead atoms. The number of nitrogens with zero attached hydrogens (tertiary/aromatic N) is 1. The van der Waals surface area contributed by atoms with Crippen LogP contribution in [0, 0.1) is 31.6 Å². The lowest BCUT2D eigenvalue weighted by atomic mass is 9.84. The molecule has 1 heterocycles. The summed E-state index contributed by atoms with van der Waals surface area (Å²) in [5.74, 6) is 2.63. The Labute approximate surface area is 109 Å². The zero-order valence-corrected chi connectivity index (χ0v) is 11.3. The molecule has 1 aromatic heterocycles. The lowest BCUT2D eigenvalue weighted by Crippen LogP contribution is -2.16. The first-order chi connectivity index (χ1) is 8.63. The highest BCUT2D eigenvalue weighted by Gasteiger charge is 2.40. The van der Waals surface area contributed by atoms with E-state index in [4.69, 9.17) is 0 Å². The van der Waals surface area contributed by atoms with E-state index in [1.807, 2.05) is 13.8 Å². The van der Waals surface area contributed by atoms with E-state index in [2.05, 4.69) is 11.1 Å². The Bertz CT molecular complexity index is 480. The van der Waals surface area contributed by atoms with Crippen molar-refractivity contribution in [3.63, 3.8) is 0 Å². The van der Waals surface area contributed by atoms with Crippen molar-refractivity contribution in [2.45, 2.75) is 46.0 Å². The van der Waals surface area contributed by atoms with E-state index >= 15 is 0 Å². The van der Waals surface area contributed by atoms with Crippen molar-refractivity contribution in [3.8, 4) is 0 Å². The van der Waals surface area contributed by atoms with Gasteiger partial charge >= 0.3 is 0 Å². The minimum Gasteiger partial charge on any atom is -0.292 e. The first kappa shape index (κ1) is 11.9. The van der Waals surface area contributed by atoms with Gasteiger partial charge in [0.25, 0.3) is 0 Å². The Kier molecular flexibility index (Phi) is 2.96. The van der Waals surface area contributed by atoms with Crippen LogP contribution in [0.1, 0.15) is 53.7 Å². The average Bonchev–Trinajstić information content (AvgIpc) is 2.90. The molecule has 3 atom stereocenters. The molecule has 2 fully saturated rings. The maximum absolute atomic E-state index is 12.3. The van der Waals surface area contributed by atoms with E-state index in [9.17, 15) is 4.79 Å². The molecule has 0 amide bonds. The van der Waals surface area contributed by atoms with Crippen LogP contribution in [0.3, 0.4) is 0 Å². The quantitative estimate of drug-likeness (QED) is 0.757. The molecule has 3 unspecified atom stereocenters. The zero-order valence-electron chi connectivity index (χ0n) is 11.3. The summed E-state index contributed by atoms with van der Waals surface area (Å²) in [5, 5.41) is 0. The summed E-state index contributed by atoms with van der Waals surface area (Å²) in [4.78, 5) is 16.7. The molecule has 0 spiro atoms. The molecule has 2 aliphatic rings. The predicted octanol–water partition coefficient (Wildman–Crippen LogP) is 3.71. The highest BCUT2D eigenvalue weighted by Crippen LogP contribution is 2.49. The smallest absolute Gasteiger partial charge is 0.181 e. The second kappa shape index (κ2) is 4.49. The second-order valence-corrected chi connectivity index (χ2v) is 6.24. The normalized spacial score (nSPS) is 29.8. The molecule has 0 N–H and O–H groups in total. The van der Waals surface area contributed by atoms with Crippen LogP contribution in [0.2, 0.25) is 0 Å². The van der Waals surface area contributed by atoms with Gasteiger partial charge in [0.05, 0.1) is 0 Å². The summed E-state index contributed by atoms with van der Waals surface area (Å²) >= 11 is 0. The lowest BCUT2D eigenvalue weighted by Gasteiger charge is -2.20. The summed E-state index contributed by atoms with van der Waals surface area (Å²) in [6.45, 7) is 4.01. The number of rotatable bonds is 3. The van der Waals surface area contributed by atoms with Crippen molar-refractivity contribution in [1.29, 1.82) is 0 Å². The Morgan fingerprint density at radius 2 is 2.17 bits per heavy atom. The van der Waals surface area contributed by atoms with Crippen molar-refractivity contribution in [2.75, 3.05) is 0 Å². The van der Waals surface area contributed by atoms with Gasteiger partial charge in [-0.15, -0.1) is 0 Å². The van der Waals surface area contributed by atoms with Gasteiger partial charge in [-0.3, -0.25) is 9.78 Å². The van der Waals surface area contributed by atoms with Gasteiger partial charge in [0.2, 0.25) is 0 Å². The fourth-order valence-corrected chi connectivity index (χ4v) is 3.97. The predicted molar refractivity (Wildman–Crippen MR) is 71.6 cm³/mol. The molecule has 0 saturated heterocycles. The first-order valence-corrected chi connectivity index (χ1v) is 7.10. The maximum Gasteiger partial charge on any atom is 0.181 e. The van der Waals surface area contributed by atoms with Gasteiger partial charge < -0.3 is 0 Å². The third kappa shape index (κ3) is 2.09. The number of Topliss-reactive ketones (excluding diaryl/α,β-unsaturated/α-hetero) is 1. The fraction of sp³-hybridized carbons (Fsp3) is 0.625. The molecule has 2 aliphatic carbocycles. The number of hydrogen-bond donors (Lipinski definition) is 0. The largest absolute Gasteiger partial charge is 0.292 e. The number of aryl methyl sites for hydroxylation is 2. The molecule has 2 nitrogen and oxygen atoms in total. The van der Waals surface area contributed by atoms with E-state index in [-0.39, 0.29) is 5.78 Å². The third-order valence-electron chi connectivity index (χ3n) is 4.81. The van der Waals surface area contributed by atoms with Crippen LogP contribution in [-0.2, 0) is 0 Å². The van der Waals surface area contributed by atoms with Crippen molar-refractivity contribution in [1.82, 2.24) is 4.98 Å². The van der Waals surface area contributed by atoms with Gasteiger partial charge in [-0.05, 0) is 62.0 Å². The molecular weight excluding hydrogens is 222 g/mol. The molecule has 96 valence electrons. The Hall–Kier alpha value is -1.18. The molecule has 1 aromatic rings. The summed E-state index contributed by atoms with van der Waals surface area (Å²) in [7, 11) is 0. The van der Waals surface area contributed by atoms with Crippen molar-refractivity contribution >= 4 is 5.78 Å². The lowest BCUT2D eigenvalue weighted by molar-refractivity contribution is 0.0938. The number of hydrogen-bond acceptors (Lipinski definition) is 2. The molecule has 2 heteroatoms. The minimum absolute atomic E-state index is 0.255. The summed E-state index contributed by atoms with van der Waals surface area (Å²) in [5.41, 5.74) is 2.86. The average molecular weight is 243 g/mol. The number of aromatic nitrogens is 1. The van der Waals surface area contributed by atoms with Crippen LogP contribution in [0.5, 0.6) is 0 Å². The fourth-order valence-electron chi connectivity index (χ4n) is 3.97. The van der Waals surface area contributed by atoms with Gasteiger partial charge in [-0.25, -0.2) is 0 Å². The Morgan fingerprint density at radius 1 is 1.33 bits per heavy atom. The number of pyridine rings is 1. The van der Waals surface area contributed by atoms with Crippen LogP contribution in [0.15, 0.2) is 12.3 Å². The number of carbonyl (C=O) groups is 1. The van der Waals surface area contributed by atoms with Crippen LogP contribution < -0.4 is 0 Å². The monoisotopic (exact) mass is 243 g/mol. The van der Waals surface area contributed by atoms with E-state index in [1.165, 1.54) is 25.7 Å². The highest BCUT2D eigenvalue weighted by atomic mass is 16.1. The topological polar surface area (TPSA) is 30.0 Å². The van der Waals surface area contributed by atoms with Crippen LogP contribution in [-0.4, -0.2) is 10.8 Å². The first-order valence-electron chi connectivity index (χ1n) is 7.10. The molecule has 0 aromatic carbocycles. The third-order valence-corrected chi connectivity index (χ3v) is 4.81. The molecule has 3 rings (SSSR count). The number of ketones is 1. The van der Waals surface area contributed by atoms with Gasteiger partial charge in [0.1, 0.15) is 5.69 Å². The highest BCUT2D eigenvalue weighted by molar-refractivity contribution is 5.95. The summed E-state index contributed by atoms with van der Waals surface area (Å²) in [6, 6.07) is 2.06. The molecular formula is C16H21NO. The van der Waals surface area contributed by atoms with E-state index in [1.54, 1.807) is 6.20 Å². The van der Waals surface area contributed by atoms with Crippen molar-refractivity contribution < 1.29 is 4.79 Å². The van der Waals surface area contributed by atoms with Gasteiger partial charge in [0, 0.05) is 12.6 Å². The Morgan fingerprint density at radius 3 is 2.78 bits per heavy atom. The molecule has 0 radical (unpaired) electrons. The maximum atomic E-state index is 12.3. The minimum atomic E-state index is 0.255. The van der Waals surface area contributed by atoms with E-state index in [0.29, 0.717) is 11.6 Å². The van der Waals surface area contributed by atoms with Crippen molar-refractivity contribution in [3.05, 3.63) is 29.1 Å². The van der Waals surface area contributed by atoms with Gasteiger partial charge in [0.15, 0.2) is 5.78 Å².